The predicted octanol–water partition coefficient (Wildman–Crippen LogP) is 3.07. The summed E-state index contributed by atoms with van der Waals surface area (Å²) in [5, 5.41) is 3.41. The van der Waals surface area contributed by atoms with Crippen LogP contribution < -0.4 is 5.32 Å². The summed E-state index contributed by atoms with van der Waals surface area (Å²) in [7, 11) is 2.03. The summed E-state index contributed by atoms with van der Waals surface area (Å²) in [6.45, 7) is 4.33. The molecule has 1 heterocycles. The summed E-state index contributed by atoms with van der Waals surface area (Å²) < 4.78 is 0. The van der Waals surface area contributed by atoms with Gasteiger partial charge in [0, 0.05) is 24.4 Å². The van der Waals surface area contributed by atoms with Gasteiger partial charge in [0.15, 0.2) is 0 Å². The molecule has 0 saturated carbocycles. The van der Waals surface area contributed by atoms with E-state index in [2.05, 4.69) is 48.4 Å². The lowest BCUT2D eigenvalue weighted by Crippen LogP contribution is -2.30. The first-order valence-electron chi connectivity index (χ1n) is 6.82. The Hall–Kier alpha value is -1.67. The molecule has 2 rings (SSSR count). The fraction of sp³-hybridized carbons (Fsp3) is 0.353. The second-order valence-corrected chi connectivity index (χ2v) is 5.14. The third-order valence-corrected chi connectivity index (χ3v) is 3.56. The quantitative estimate of drug-likeness (QED) is 0.887. The van der Waals surface area contributed by atoms with Gasteiger partial charge in [-0.15, -0.1) is 0 Å². The molecule has 2 aromatic rings. The third-order valence-electron chi connectivity index (χ3n) is 3.56. The molecule has 0 aliphatic rings. The van der Waals surface area contributed by atoms with Crippen LogP contribution in [-0.4, -0.2) is 18.1 Å². The molecule has 0 radical (unpaired) electrons. The van der Waals surface area contributed by atoms with Crippen molar-refractivity contribution in [2.45, 2.75) is 32.7 Å². The van der Waals surface area contributed by atoms with E-state index >= 15 is 0 Å². The molecule has 1 aromatic heterocycles. The lowest BCUT2D eigenvalue weighted by Gasteiger charge is -2.17. The largest absolute Gasteiger partial charge is 0.316 e. The number of nitrogens with one attached hydrogen (secondary N) is 1. The van der Waals surface area contributed by atoms with E-state index < -0.39 is 0 Å². The molecule has 1 aromatic carbocycles. The van der Waals surface area contributed by atoms with E-state index in [0.717, 1.165) is 18.5 Å². The van der Waals surface area contributed by atoms with E-state index in [1.54, 1.807) is 0 Å². The topological polar surface area (TPSA) is 24.9 Å². The minimum Gasteiger partial charge on any atom is -0.316 e. The lowest BCUT2D eigenvalue weighted by atomic mass is 9.96. The van der Waals surface area contributed by atoms with Gasteiger partial charge >= 0.3 is 0 Å². The van der Waals surface area contributed by atoms with Crippen molar-refractivity contribution in [3.63, 3.8) is 0 Å². The van der Waals surface area contributed by atoms with Crippen LogP contribution in [0.5, 0.6) is 0 Å². The van der Waals surface area contributed by atoms with Gasteiger partial charge in [-0.25, -0.2) is 0 Å². The molecular formula is C17H22N2. The van der Waals surface area contributed by atoms with Gasteiger partial charge in [-0.2, -0.15) is 0 Å². The zero-order valence-electron chi connectivity index (χ0n) is 12.0. The zero-order chi connectivity index (χ0) is 13.7. The molecule has 1 atom stereocenters. The smallest absolute Gasteiger partial charge is 0.0419 e. The maximum atomic E-state index is 4.41. The molecule has 0 aliphatic carbocycles. The van der Waals surface area contributed by atoms with Gasteiger partial charge in [0.2, 0.25) is 0 Å². The van der Waals surface area contributed by atoms with Crippen LogP contribution in [0.25, 0.3) is 0 Å². The Morgan fingerprint density at radius 2 is 1.95 bits per heavy atom. The highest BCUT2D eigenvalue weighted by Crippen LogP contribution is 2.14. The lowest BCUT2D eigenvalue weighted by molar-refractivity contribution is 0.549. The van der Waals surface area contributed by atoms with E-state index in [9.17, 15) is 0 Å². The number of aromatic nitrogens is 1. The van der Waals surface area contributed by atoms with Gasteiger partial charge in [-0.1, -0.05) is 29.8 Å². The summed E-state index contributed by atoms with van der Waals surface area (Å²) in [5.74, 6) is 0. The Kier molecular flexibility index (Phi) is 4.69. The second kappa shape index (κ2) is 6.48. The minimum atomic E-state index is 0.426. The van der Waals surface area contributed by atoms with Crippen LogP contribution in [0.3, 0.4) is 0 Å². The second-order valence-electron chi connectivity index (χ2n) is 5.14. The fourth-order valence-corrected chi connectivity index (χ4v) is 2.33. The summed E-state index contributed by atoms with van der Waals surface area (Å²) in [6.07, 6.45) is 3.87. The highest BCUT2D eigenvalue weighted by molar-refractivity contribution is 5.31. The maximum Gasteiger partial charge on any atom is 0.0419 e. The van der Waals surface area contributed by atoms with Crippen LogP contribution in [0.15, 0.2) is 42.6 Å². The highest BCUT2D eigenvalue weighted by Gasteiger charge is 2.10. The molecule has 0 aliphatic heterocycles. The van der Waals surface area contributed by atoms with E-state index in [0.29, 0.717) is 6.04 Å². The molecule has 1 N–H and O–H groups in total. The number of nitrogens with zero attached hydrogens (tertiary/aromatic N) is 1. The van der Waals surface area contributed by atoms with Crippen molar-refractivity contribution < 1.29 is 0 Å². The Morgan fingerprint density at radius 1 is 1.11 bits per heavy atom. The Bertz CT molecular complexity index is 520. The van der Waals surface area contributed by atoms with Crippen LogP contribution in [0.1, 0.15) is 22.4 Å². The van der Waals surface area contributed by atoms with Crippen LogP contribution in [-0.2, 0) is 12.8 Å². The molecule has 2 heteroatoms. The molecule has 0 amide bonds. The minimum absolute atomic E-state index is 0.426. The number of benzene rings is 1. The van der Waals surface area contributed by atoms with Crippen molar-refractivity contribution in [1.82, 2.24) is 10.3 Å². The maximum absolute atomic E-state index is 4.41. The zero-order valence-corrected chi connectivity index (χ0v) is 12.0. The predicted molar refractivity (Wildman–Crippen MR) is 80.4 cm³/mol. The normalized spacial score (nSPS) is 12.4. The molecule has 1 unspecified atom stereocenters. The third kappa shape index (κ3) is 3.90. The Labute approximate surface area is 115 Å². The highest BCUT2D eigenvalue weighted by atomic mass is 14.9. The first kappa shape index (κ1) is 13.8. The van der Waals surface area contributed by atoms with Crippen LogP contribution >= 0.6 is 0 Å². The van der Waals surface area contributed by atoms with Crippen molar-refractivity contribution >= 4 is 0 Å². The Balaban J connectivity index is 2.09. The van der Waals surface area contributed by atoms with Crippen LogP contribution in [0.2, 0.25) is 0 Å². The SMILES string of the molecule is CNC(Cc1ccccn1)Cc1cc(C)ccc1C. The standard InChI is InChI=1S/C17H22N2/c1-13-7-8-14(2)15(10-13)11-17(18-3)12-16-6-4-5-9-19-16/h4-10,17-18H,11-12H2,1-3H3. The average Bonchev–Trinajstić information content (AvgIpc) is 2.43. The van der Waals surface area contributed by atoms with E-state index in [4.69, 9.17) is 0 Å². The first-order valence-corrected chi connectivity index (χ1v) is 6.82. The van der Waals surface area contributed by atoms with Crippen molar-refractivity contribution in [1.29, 1.82) is 0 Å². The fourth-order valence-electron chi connectivity index (χ4n) is 2.33. The first-order chi connectivity index (χ1) is 9.19. The number of aryl methyl sites for hydroxylation is 2. The molecule has 2 nitrogen and oxygen atoms in total. The van der Waals surface area contributed by atoms with Gasteiger partial charge in [0.1, 0.15) is 0 Å². The van der Waals surface area contributed by atoms with Crippen LogP contribution in [0, 0.1) is 13.8 Å². The molecular weight excluding hydrogens is 232 g/mol. The number of pyridine rings is 1. The van der Waals surface area contributed by atoms with Gasteiger partial charge in [0.05, 0.1) is 0 Å². The van der Waals surface area contributed by atoms with Gasteiger partial charge in [-0.3, -0.25) is 4.98 Å². The van der Waals surface area contributed by atoms with Gasteiger partial charge < -0.3 is 5.32 Å². The van der Waals surface area contributed by atoms with Crippen molar-refractivity contribution in [2.24, 2.45) is 0 Å². The van der Waals surface area contributed by atoms with Crippen LogP contribution in [0.4, 0.5) is 0 Å². The summed E-state index contributed by atoms with van der Waals surface area (Å²) in [6, 6.07) is 13.2. The molecule has 0 spiro atoms. The van der Waals surface area contributed by atoms with Gasteiger partial charge in [0.25, 0.3) is 0 Å². The number of hydrogen-bond acceptors (Lipinski definition) is 2. The number of rotatable bonds is 5. The summed E-state index contributed by atoms with van der Waals surface area (Å²) >= 11 is 0. The monoisotopic (exact) mass is 254 g/mol. The molecule has 0 bridgehead atoms. The van der Waals surface area contributed by atoms with Crippen molar-refractivity contribution in [2.75, 3.05) is 7.05 Å². The number of likely N-dealkylation sites (N-methyl/N-ethyl adjacent to an activating group) is 1. The molecule has 19 heavy (non-hydrogen) atoms. The number of hydrogen-bond donors (Lipinski definition) is 1. The summed E-state index contributed by atoms with van der Waals surface area (Å²) in [4.78, 5) is 4.41. The molecule has 0 fully saturated rings. The van der Waals surface area contributed by atoms with E-state index in [1.165, 1.54) is 16.7 Å². The molecule has 100 valence electrons. The summed E-state index contributed by atoms with van der Waals surface area (Å²) in [5.41, 5.74) is 5.27. The molecule has 0 saturated heterocycles. The average molecular weight is 254 g/mol. The van der Waals surface area contributed by atoms with E-state index in [-0.39, 0.29) is 0 Å². The van der Waals surface area contributed by atoms with Crippen molar-refractivity contribution in [3.05, 3.63) is 65.0 Å². The van der Waals surface area contributed by atoms with Crippen molar-refractivity contribution in [3.8, 4) is 0 Å². The van der Waals surface area contributed by atoms with E-state index in [1.807, 2.05) is 25.4 Å². The van der Waals surface area contributed by atoms with Gasteiger partial charge in [-0.05, 0) is 50.6 Å². The Morgan fingerprint density at radius 3 is 2.63 bits per heavy atom.